The first-order valence-electron chi connectivity index (χ1n) is 8.53. The average molecular weight is 339 g/mol. The quantitative estimate of drug-likeness (QED) is 0.934. The van der Waals surface area contributed by atoms with Crippen LogP contribution in [0.3, 0.4) is 0 Å². The molecule has 2 amide bonds. The number of nitrogens with zero attached hydrogens (tertiary/aromatic N) is 4. The van der Waals surface area contributed by atoms with E-state index in [1.54, 1.807) is 12.4 Å². The zero-order valence-corrected chi connectivity index (χ0v) is 15.1. The highest BCUT2D eigenvalue weighted by atomic mass is 16.2. The molecule has 1 saturated heterocycles. The molecular weight excluding hydrogens is 314 g/mol. The number of carbonyl (C=O) groups is 1. The van der Waals surface area contributed by atoms with Crippen LogP contribution in [0, 0.1) is 6.92 Å². The number of carbonyl (C=O) groups excluding carboxylic acids is 1. The summed E-state index contributed by atoms with van der Waals surface area (Å²) >= 11 is 0. The number of piperazine rings is 1. The summed E-state index contributed by atoms with van der Waals surface area (Å²) in [4.78, 5) is 22.8. The van der Waals surface area contributed by atoms with Crippen LogP contribution in [-0.2, 0) is 0 Å². The van der Waals surface area contributed by atoms with Gasteiger partial charge in [-0.3, -0.25) is 4.98 Å². The maximum absolute atomic E-state index is 12.5. The molecule has 0 bridgehead atoms. The molecule has 0 radical (unpaired) electrons. The molecule has 1 N–H and O–H groups in total. The SMILES string of the molecule is Cc1cc(NC(=O)N2CCN(c3ccncc3)CC2)ccc1N(C)C. The Bertz CT molecular complexity index is 724. The topological polar surface area (TPSA) is 51.7 Å². The highest BCUT2D eigenvalue weighted by molar-refractivity contribution is 5.90. The molecule has 0 spiro atoms. The van der Waals surface area contributed by atoms with Gasteiger partial charge in [-0.05, 0) is 42.8 Å². The monoisotopic (exact) mass is 339 g/mol. The largest absolute Gasteiger partial charge is 0.377 e. The molecule has 1 aliphatic heterocycles. The van der Waals surface area contributed by atoms with Crippen molar-refractivity contribution in [3.8, 4) is 0 Å². The number of nitrogens with one attached hydrogen (secondary N) is 1. The van der Waals surface area contributed by atoms with Gasteiger partial charge in [0.2, 0.25) is 0 Å². The second-order valence-electron chi connectivity index (χ2n) is 6.51. The highest BCUT2D eigenvalue weighted by Gasteiger charge is 2.21. The molecule has 1 aromatic heterocycles. The van der Waals surface area contributed by atoms with Gasteiger partial charge in [0.15, 0.2) is 0 Å². The minimum Gasteiger partial charge on any atom is -0.377 e. The van der Waals surface area contributed by atoms with Crippen LogP contribution in [0.15, 0.2) is 42.7 Å². The van der Waals surface area contributed by atoms with Crippen molar-refractivity contribution in [2.24, 2.45) is 0 Å². The third-order valence-corrected chi connectivity index (χ3v) is 4.52. The van der Waals surface area contributed by atoms with Crippen LogP contribution >= 0.6 is 0 Å². The first kappa shape index (κ1) is 17.1. The third kappa shape index (κ3) is 4.02. The van der Waals surface area contributed by atoms with Crippen molar-refractivity contribution in [2.45, 2.75) is 6.92 Å². The molecule has 0 atom stereocenters. The number of urea groups is 1. The number of amides is 2. The number of aryl methyl sites for hydroxylation is 1. The van der Waals surface area contributed by atoms with Crippen molar-refractivity contribution in [1.82, 2.24) is 9.88 Å². The first-order valence-corrected chi connectivity index (χ1v) is 8.53. The lowest BCUT2D eigenvalue weighted by Gasteiger charge is -2.36. The fourth-order valence-corrected chi connectivity index (χ4v) is 3.16. The smallest absolute Gasteiger partial charge is 0.321 e. The number of anilines is 3. The lowest BCUT2D eigenvalue weighted by molar-refractivity contribution is 0.208. The van der Waals surface area contributed by atoms with Crippen LogP contribution in [0.2, 0.25) is 0 Å². The normalized spacial score (nSPS) is 14.4. The van der Waals surface area contributed by atoms with Crippen LogP contribution in [0.1, 0.15) is 5.56 Å². The van der Waals surface area contributed by atoms with E-state index in [0.29, 0.717) is 13.1 Å². The fourth-order valence-electron chi connectivity index (χ4n) is 3.16. The summed E-state index contributed by atoms with van der Waals surface area (Å²) in [6.07, 6.45) is 3.60. The molecule has 1 aromatic carbocycles. The van der Waals surface area contributed by atoms with Gasteiger partial charge >= 0.3 is 6.03 Å². The van der Waals surface area contributed by atoms with Gasteiger partial charge in [-0.2, -0.15) is 0 Å². The van der Waals surface area contributed by atoms with E-state index in [9.17, 15) is 4.79 Å². The molecule has 3 rings (SSSR count). The molecule has 0 unspecified atom stereocenters. The fraction of sp³-hybridized carbons (Fsp3) is 0.368. The minimum atomic E-state index is -0.0358. The lowest BCUT2D eigenvalue weighted by atomic mass is 10.1. The van der Waals surface area contributed by atoms with E-state index in [-0.39, 0.29) is 6.03 Å². The average Bonchev–Trinajstić information content (AvgIpc) is 2.62. The van der Waals surface area contributed by atoms with Gasteiger partial charge in [0.05, 0.1) is 0 Å². The standard InChI is InChI=1S/C19H25N5O/c1-15-14-16(4-5-18(15)22(2)3)21-19(25)24-12-10-23(11-13-24)17-6-8-20-9-7-17/h4-9,14H,10-13H2,1-3H3,(H,21,25). The van der Waals surface area contributed by atoms with Gasteiger partial charge in [0, 0.05) is 69.7 Å². The predicted octanol–water partition coefficient (Wildman–Crippen LogP) is 2.81. The molecule has 6 nitrogen and oxygen atoms in total. The van der Waals surface area contributed by atoms with Crippen molar-refractivity contribution < 1.29 is 4.79 Å². The van der Waals surface area contributed by atoms with Gasteiger partial charge < -0.3 is 20.0 Å². The van der Waals surface area contributed by atoms with Gasteiger partial charge in [-0.25, -0.2) is 4.79 Å². The van der Waals surface area contributed by atoms with E-state index in [1.807, 2.05) is 49.3 Å². The predicted molar refractivity (Wildman–Crippen MR) is 103 cm³/mol. The zero-order valence-electron chi connectivity index (χ0n) is 15.1. The van der Waals surface area contributed by atoms with E-state index in [2.05, 4.69) is 27.0 Å². The van der Waals surface area contributed by atoms with Crippen LogP contribution in [-0.4, -0.2) is 56.2 Å². The Balaban J connectivity index is 1.57. The second-order valence-corrected chi connectivity index (χ2v) is 6.51. The van der Waals surface area contributed by atoms with E-state index >= 15 is 0 Å². The van der Waals surface area contributed by atoms with Gasteiger partial charge in [-0.1, -0.05) is 0 Å². The van der Waals surface area contributed by atoms with Crippen molar-refractivity contribution in [3.05, 3.63) is 48.3 Å². The summed E-state index contributed by atoms with van der Waals surface area (Å²) in [5, 5.41) is 3.01. The summed E-state index contributed by atoms with van der Waals surface area (Å²) in [5.41, 5.74) is 4.30. The molecular formula is C19H25N5O. The molecule has 132 valence electrons. The number of rotatable bonds is 3. The number of pyridine rings is 1. The summed E-state index contributed by atoms with van der Waals surface area (Å²) in [6.45, 7) is 5.14. The van der Waals surface area contributed by atoms with Crippen molar-refractivity contribution in [1.29, 1.82) is 0 Å². The summed E-state index contributed by atoms with van der Waals surface area (Å²) < 4.78 is 0. The maximum atomic E-state index is 12.5. The Labute approximate surface area is 149 Å². The van der Waals surface area contributed by atoms with Gasteiger partial charge in [0.25, 0.3) is 0 Å². The van der Waals surface area contributed by atoms with Crippen LogP contribution in [0.4, 0.5) is 21.9 Å². The Morgan fingerprint density at radius 2 is 1.76 bits per heavy atom. The number of aromatic nitrogens is 1. The first-order chi connectivity index (χ1) is 12.0. The van der Waals surface area contributed by atoms with Crippen LogP contribution in [0.25, 0.3) is 0 Å². The van der Waals surface area contributed by atoms with Gasteiger partial charge in [0.1, 0.15) is 0 Å². The Morgan fingerprint density at radius 3 is 2.36 bits per heavy atom. The summed E-state index contributed by atoms with van der Waals surface area (Å²) in [6, 6.07) is 9.97. The van der Waals surface area contributed by atoms with Crippen molar-refractivity contribution in [2.75, 3.05) is 55.4 Å². The van der Waals surface area contributed by atoms with E-state index in [1.165, 1.54) is 0 Å². The molecule has 25 heavy (non-hydrogen) atoms. The van der Waals surface area contributed by atoms with Gasteiger partial charge in [-0.15, -0.1) is 0 Å². The number of hydrogen-bond donors (Lipinski definition) is 1. The van der Waals surface area contributed by atoms with E-state index in [0.717, 1.165) is 35.7 Å². The molecule has 1 fully saturated rings. The minimum absolute atomic E-state index is 0.0358. The maximum Gasteiger partial charge on any atom is 0.321 e. The zero-order chi connectivity index (χ0) is 17.8. The molecule has 2 heterocycles. The molecule has 2 aromatic rings. The molecule has 0 saturated carbocycles. The third-order valence-electron chi connectivity index (χ3n) is 4.52. The van der Waals surface area contributed by atoms with E-state index < -0.39 is 0 Å². The molecule has 6 heteroatoms. The lowest BCUT2D eigenvalue weighted by Crippen LogP contribution is -2.50. The van der Waals surface area contributed by atoms with E-state index in [4.69, 9.17) is 0 Å². The molecule has 1 aliphatic rings. The van der Waals surface area contributed by atoms with Crippen LogP contribution in [0.5, 0.6) is 0 Å². The summed E-state index contributed by atoms with van der Waals surface area (Å²) in [7, 11) is 4.03. The number of hydrogen-bond acceptors (Lipinski definition) is 4. The molecule has 0 aliphatic carbocycles. The van der Waals surface area contributed by atoms with Crippen molar-refractivity contribution in [3.63, 3.8) is 0 Å². The summed E-state index contributed by atoms with van der Waals surface area (Å²) in [5.74, 6) is 0. The Hall–Kier alpha value is -2.76. The Morgan fingerprint density at radius 1 is 1.08 bits per heavy atom. The van der Waals surface area contributed by atoms with Crippen molar-refractivity contribution >= 4 is 23.1 Å². The number of benzene rings is 1. The highest BCUT2D eigenvalue weighted by Crippen LogP contribution is 2.22. The second kappa shape index (κ2) is 7.42. The Kier molecular flexibility index (Phi) is 5.07. The van der Waals surface area contributed by atoms with Crippen LogP contribution < -0.4 is 15.1 Å².